The predicted molar refractivity (Wildman–Crippen MR) is 142 cm³/mol. The highest BCUT2D eigenvalue weighted by Gasteiger charge is 2.25. The van der Waals surface area contributed by atoms with E-state index in [4.69, 9.17) is 4.98 Å². The Hall–Kier alpha value is -4.05. The Morgan fingerprint density at radius 1 is 1.11 bits per heavy atom. The van der Waals surface area contributed by atoms with Gasteiger partial charge < -0.3 is 14.8 Å². The Kier molecular flexibility index (Phi) is 6.77. The van der Waals surface area contributed by atoms with Crippen molar-refractivity contribution in [2.45, 2.75) is 25.3 Å². The quantitative estimate of drug-likeness (QED) is 0.375. The number of carbonyl (C=O) groups is 2. The van der Waals surface area contributed by atoms with Gasteiger partial charge in [0.25, 0.3) is 5.91 Å². The van der Waals surface area contributed by atoms with Crippen LogP contribution in [0.2, 0.25) is 0 Å². The molecule has 9 nitrogen and oxygen atoms in total. The minimum absolute atomic E-state index is 0.0429. The number of thiophene rings is 1. The van der Waals surface area contributed by atoms with Gasteiger partial charge in [0.05, 0.1) is 26.5 Å². The summed E-state index contributed by atoms with van der Waals surface area (Å²) in [4.78, 5) is 42.1. The molecular weight excluding hydrogens is 474 g/mol. The van der Waals surface area contributed by atoms with Crippen LogP contribution >= 0.6 is 11.3 Å². The first-order valence-corrected chi connectivity index (χ1v) is 12.7. The van der Waals surface area contributed by atoms with Crippen LogP contribution in [0, 0.1) is 0 Å². The van der Waals surface area contributed by atoms with E-state index < -0.39 is 0 Å². The Morgan fingerprint density at radius 2 is 1.97 bits per heavy atom. The van der Waals surface area contributed by atoms with Crippen molar-refractivity contribution in [3.8, 4) is 10.6 Å². The molecule has 1 aliphatic heterocycles. The first kappa shape index (κ1) is 23.7. The highest BCUT2D eigenvalue weighted by atomic mass is 32.1. The van der Waals surface area contributed by atoms with Crippen molar-refractivity contribution >= 4 is 46.1 Å². The van der Waals surface area contributed by atoms with E-state index in [1.807, 2.05) is 41.3 Å². The van der Waals surface area contributed by atoms with Crippen molar-refractivity contribution in [3.05, 3.63) is 66.2 Å². The third-order valence-corrected chi connectivity index (χ3v) is 7.44. The molecule has 2 N–H and O–H groups in total. The van der Waals surface area contributed by atoms with E-state index >= 15 is 0 Å². The molecule has 4 heterocycles. The van der Waals surface area contributed by atoms with Crippen LogP contribution in [0.3, 0.4) is 0 Å². The van der Waals surface area contributed by atoms with Crippen LogP contribution in [0.4, 0.5) is 11.9 Å². The third kappa shape index (κ3) is 4.72. The number of aromatic nitrogens is 4. The van der Waals surface area contributed by atoms with Gasteiger partial charge in [-0.15, -0.1) is 11.3 Å². The highest BCUT2D eigenvalue weighted by molar-refractivity contribution is 7.17. The van der Waals surface area contributed by atoms with Crippen molar-refractivity contribution in [2.24, 2.45) is 0 Å². The Morgan fingerprint density at radius 3 is 2.81 bits per heavy atom. The second-order valence-corrected chi connectivity index (χ2v) is 9.63. The second kappa shape index (κ2) is 10.3. The van der Waals surface area contributed by atoms with Crippen molar-refractivity contribution in [1.82, 2.24) is 24.4 Å². The maximum absolute atomic E-state index is 13.3. The maximum atomic E-state index is 13.3. The molecule has 1 fully saturated rings. The molecule has 0 radical (unpaired) electrons. The number of fused-ring (bicyclic) bond motifs is 1. The number of hydrogen-bond acceptors (Lipinski definition) is 7. The van der Waals surface area contributed by atoms with Gasteiger partial charge in [0, 0.05) is 32.4 Å². The van der Waals surface area contributed by atoms with Crippen LogP contribution in [0.25, 0.3) is 21.6 Å². The summed E-state index contributed by atoms with van der Waals surface area (Å²) in [6.07, 6.45) is 5.58. The molecule has 36 heavy (non-hydrogen) atoms. The molecule has 1 saturated heterocycles. The molecular formula is C26H27N7O2S. The molecule has 2 amide bonds. The lowest BCUT2D eigenvalue weighted by Crippen LogP contribution is -2.30. The summed E-state index contributed by atoms with van der Waals surface area (Å²) in [5, 5.41) is 5.98. The lowest BCUT2D eigenvalue weighted by atomic mass is 10.1. The zero-order valence-corrected chi connectivity index (χ0v) is 20.8. The summed E-state index contributed by atoms with van der Waals surface area (Å²) >= 11 is 1.37. The van der Waals surface area contributed by atoms with E-state index in [0.717, 1.165) is 40.9 Å². The SMILES string of the molecule is C=CC(=O)N1CCC[C@@H](n2c(NC(=O)c3ccc(-c4ccnc(NC)n4)s3)nc3ccccc32)CC1. The molecule has 5 rings (SSSR count). The van der Waals surface area contributed by atoms with Crippen LogP contribution in [0.5, 0.6) is 0 Å². The standard InChI is InChI=1S/C26H27N7O2S/c1-3-23(34)32-15-6-7-17(13-16-32)33-20-9-5-4-8-18(20)30-26(33)31-24(35)22-11-10-21(36-22)19-12-14-28-25(27-2)29-19/h3-5,8-12,14,17H,1,6-7,13,15-16H2,2H3,(H,27,28,29)(H,30,31,35)/t17-/m1/s1. The van der Waals surface area contributed by atoms with E-state index in [2.05, 4.69) is 31.7 Å². The fourth-order valence-corrected chi connectivity index (χ4v) is 5.44. The lowest BCUT2D eigenvalue weighted by Gasteiger charge is -2.21. The van der Waals surface area contributed by atoms with Gasteiger partial charge in [-0.1, -0.05) is 18.7 Å². The zero-order valence-electron chi connectivity index (χ0n) is 20.0. The first-order chi connectivity index (χ1) is 17.6. The number of amides is 2. The van der Waals surface area contributed by atoms with E-state index in [1.165, 1.54) is 17.4 Å². The molecule has 0 aliphatic carbocycles. The van der Waals surface area contributed by atoms with Crippen molar-refractivity contribution < 1.29 is 9.59 Å². The summed E-state index contributed by atoms with van der Waals surface area (Å²) in [6, 6.07) is 13.5. The van der Waals surface area contributed by atoms with E-state index in [0.29, 0.717) is 29.9 Å². The van der Waals surface area contributed by atoms with Crippen LogP contribution in [-0.2, 0) is 4.79 Å². The minimum atomic E-state index is -0.220. The minimum Gasteiger partial charge on any atom is -0.357 e. The third-order valence-electron chi connectivity index (χ3n) is 6.33. The molecule has 10 heteroatoms. The topological polar surface area (TPSA) is 105 Å². The smallest absolute Gasteiger partial charge is 0.268 e. The normalized spacial score (nSPS) is 15.9. The largest absolute Gasteiger partial charge is 0.357 e. The number of hydrogen-bond donors (Lipinski definition) is 2. The number of anilines is 2. The average molecular weight is 502 g/mol. The lowest BCUT2D eigenvalue weighted by molar-refractivity contribution is -0.125. The number of likely N-dealkylation sites (tertiary alicyclic amines) is 1. The van der Waals surface area contributed by atoms with Gasteiger partial charge in [-0.25, -0.2) is 15.0 Å². The molecule has 1 aromatic carbocycles. The van der Waals surface area contributed by atoms with Gasteiger partial charge in [-0.3, -0.25) is 14.9 Å². The monoisotopic (exact) mass is 501 g/mol. The van der Waals surface area contributed by atoms with Gasteiger partial charge in [0.1, 0.15) is 0 Å². The fraction of sp³-hybridized carbons (Fsp3) is 0.269. The molecule has 1 aliphatic rings. The molecule has 184 valence electrons. The summed E-state index contributed by atoms with van der Waals surface area (Å²) in [7, 11) is 1.77. The van der Waals surface area contributed by atoms with Crippen LogP contribution in [0.1, 0.15) is 35.0 Å². The summed E-state index contributed by atoms with van der Waals surface area (Å²) in [5.74, 6) is 0.781. The molecule has 0 spiro atoms. The Labute approximate surface area is 212 Å². The van der Waals surface area contributed by atoms with Crippen molar-refractivity contribution in [2.75, 3.05) is 30.8 Å². The Bertz CT molecular complexity index is 1430. The number of nitrogens with one attached hydrogen (secondary N) is 2. The predicted octanol–water partition coefficient (Wildman–Crippen LogP) is 4.59. The van der Waals surface area contributed by atoms with E-state index in [1.54, 1.807) is 19.3 Å². The van der Waals surface area contributed by atoms with Crippen LogP contribution in [-0.4, -0.2) is 56.4 Å². The second-order valence-electron chi connectivity index (χ2n) is 8.54. The number of benzene rings is 1. The van der Waals surface area contributed by atoms with Crippen LogP contribution < -0.4 is 10.6 Å². The van der Waals surface area contributed by atoms with Crippen molar-refractivity contribution in [1.29, 1.82) is 0 Å². The average Bonchev–Trinajstić information content (AvgIpc) is 3.47. The molecule has 1 atom stereocenters. The van der Waals surface area contributed by atoms with E-state index in [9.17, 15) is 9.59 Å². The Balaban J connectivity index is 1.41. The number of imidazole rings is 1. The van der Waals surface area contributed by atoms with Gasteiger partial charge in [-0.05, 0) is 55.7 Å². The molecule has 4 aromatic rings. The van der Waals surface area contributed by atoms with Crippen molar-refractivity contribution in [3.63, 3.8) is 0 Å². The van der Waals surface area contributed by atoms with Gasteiger partial charge in [-0.2, -0.15) is 0 Å². The first-order valence-electron chi connectivity index (χ1n) is 11.9. The number of carbonyl (C=O) groups excluding carboxylic acids is 2. The summed E-state index contributed by atoms with van der Waals surface area (Å²) < 4.78 is 2.12. The summed E-state index contributed by atoms with van der Waals surface area (Å²) in [6.45, 7) is 4.95. The molecule has 0 saturated carbocycles. The van der Waals surface area contributed by atoms with E-state index in [-0.39, 0.29) is 17.9 Å². The molecule has 0 unspecified atom stereocenters. The van der Waals surface area contributed by atoms with Crippen LogP contribution in [0.15, 0.2) is 61.3 Å². The summed E-state index contributed by atoms with van der Waals surface area (Å²) in [5.41, 5.74) is 2.54. The maximum Gasteiger partial charge on any atom is 0.268 e. The fourth-order valence-electron chi connectivity index (χ4n) is 4.57. The van der Waals surface area contributed by atoms with Gasteiger partial charge in [0.2, 0.25) is 17.8 Å². The molecule has 3 aromatic heterocycles. The van der Waals surface area contributed by atoms with Gasteiger partial charge >= 0.3 is 0 Å². The number of rotatable bonds is 6. The number of para-hydroxylation sites is 2. The number of nitrogens with zero attached hydrogens (tertiary/aromatic N) is 5. The zero-order chi connectivity index (χ0) is 25.1. The highest BCUT2D eigenvalue weighted by Crippen LogP contribution is 2.32. The molecule has 0 bridgehead atoms. The van der Waals surface area contributed by atoms with Gasteiger partial charge in [0.15, 0.2) is 0 Å².